The molecule has 4 fully saturated rings. The Balaban J connectivity index is 1.70. The average molecular weight is 304 g/mol. The van der Waals surface area contributed by atoms with Crippen molar-refractivity contribution >= 4 is 6.29 Å². The van der Waals surface area contributed by atoms with Gasteiger partial charge in [-0.1, -0.05) is 20.3 Å². The molecule has 7 atom stereocenters. The van der Waals surface area contributed by atoms with Gasteiger partial charge in [-0.2, -0.15) is 0 Å². The molecular formula is C20H32O2. The van der Waals surface area contributed by atoms with E-state index in [1.54, 1.807) is 0 Å². The molecule has 0 aliphatic heterocycles. The molecule has 2 nitrogen and oxygen atoms in total. The van der Waals surface area contributed by atoms with E-state index in [2.05, 4.69) is 13.8 Å². The Morgan fingerprint density at radius 3 is 2.59 bits per heavy atom. The van der Waals surface area contributed by atoms with Crippen molar-refractivity contribution in [1.82, 2.24) is 0 Å². The number of hydrogen-bond acceptors (Lipinski definition) is 2. The van der Waals surface area contributed by atoms with Crippen LogP contribution in [0.1, 0.15) is 71.6 Å². The fraction of sp³-hybridized carbons (Fsp3) is 0.950. The van der Waals surface area contributed by atoms with E-state index in [-0.39, 0.29) is 5.41 Å². The maximum atomic E-state index is 11.9. The zero-order valence-electron chi connectivity index (χ0n) is 14.3. The van der Waals surface area contributed by atoms with Crippen LogP contribution in [0.25, 0.3) is 0 Å². The van der Waals surface area contributed by atoms with Crippen LogP contribution in [0.15, 0.2) is 0 Å². The molecule has 4 aliphatic rings. The molecular weight excluding hydrogens is 272 g/mol. The Morgan fingerprint density at radius 2 is 1.86 bits per heavy atom. The van der Waals surface area contributed by atoms with Gasteiger partial charge in [0, 0.05) is 12.0 Å². The highest BCUT2D eigenvalue weighted by Gasteiger charge is 2.64. The molecule has 0 radical (unpaired) electrons. The van der Waals surface area contributed by atoms with Gasteiger partial charge >= 0.3 is 0 Å². The molecule has 22 heavy (non-hydrogen) atoms. The van der Waals surface area contributed by atoms with Gasteiger partial charge in [0.25, 0.3) is 0 Å². The fourth-order valence-electron chi connectivity index (χ4n) is 7.99. The van der Waals surface area contributed by atoms with Crippen molar-refractivity contribution in [3.63, 3.8) is 0 Å². The Bertz CT molecular complexity index is 474. The number of aliphatic hydroxyl groups is 1. The van der Waals surface area contributed by atoms with Crippen LogP contribution in [0.5, 0.6) is 0 Å². The summed E-state index contributed by atoms with van der Waals surface area (Å²) in [5.74, 6) is 2.73. The van der Waals surface area contributed by atoms with Gasteiger partial charge in [0.1, 0.15) is 6.29 Å². The van der Waals surface area contributed by atoms with Crippen LogP contribution >= 0.6 is 0 Å². The topological polar surface area (TPSA) is 37.3 Å². The van der Waals surface area contributed by atoms with Crippen molar-refractivity contribution in [3.8, 4) is 0 Å². The molecule has 0 saturated heterocycles. The normalized spacial score (nSPS) is 57.0. The van der Waals surface area contributed by atoms with E-state index in [1.807, 2.05) is 0 Å². The molecule has 0 aromatic heterocycles. The minimum Gasteiger partial charge on any atom is -0.396 e. The Kier molecular flexibility index (Phi) is 3.32. The van der Waals surface area contributed by atoms with E-state index in [0.29, 0.717) is 29.3 Å². The molecule has 2 heteroatoms. The molecule has 0 amide bonds. The highest BCUT2D eigenvalue weighted by molar-refractivity contribution is 5.60. The van der Waals surface area contributed by atoms with Crippen molar-refractivity contribution in [3.05, 3.63) is 0 Å². The monoisotopic (exact) mass is 304 g/mol. The predicted molar refractivity (Wildman–Crippen MR) is 87.3 cm³/mol. The maximum absolute atomic E-state index is 11.9. The van der Waals surface area contributed by atoms with Gasteiger partial charge in [-0.05, 0) is 85.9 Å². The first kappa shape index (κ1) is 15.2. The smallest absolute Gasteiger partial charge is 0.126 e. The zero-order chi connectivity index (χ0) is 15.6. The van der Waals surface area contributed by atoms with Crippen molar-refractivity contribution < 1.29 is 9.90 Å². The first-order valence-electron chi connectivity index (χ1n) is 9.55. The molecule has 0 aromatic rings. The molecule has 2 bridgehead atoms. The highest BCUT2D eigenvalue weighted by Crippen LogP contribution is 2.72. The van der Waals surface area contributed by atoms with Crippen LogP contribution in [-0.4, -0.2) is 18.0 Å². The van der Waals surface area contributed by atoms with Gasteiger partial charge in [0.15, 0.2) is 0 Å². The summed E-state index contributed by atoms with van der Waals surface area (Å²) in [5, 5.41) is 9.77. The molecule has 4 aliphatic carbocycles. The number of aliphatic hydroxyl groups excluding tert-OH is 1. The SMILES string of the molecule is CC1(C=O)CCCC2(C)C3CCC4CC3(CC[C@H]12)CC4CO. The first-order chi connectivity index (χ1) is 10.5. The number of aldehydes is 1. The zero-order valence-corrected chi connectivity index (χ0v) is 14.3. The summed E-state index contributed by atoms with van der Waals surface area (Å²) >= 11 is 0. The first-order valence-corrected chi connectivity index (χ1v) is 9.55. The largest absolute Gasteiger partial charge is 0.396 e. The van der Waals surface area contributed by atoms with Crippen molar-refractivity contribution in [2.24, 2.45) is 39.9 Å². The third-order valence-corrected chi connectivity index (χ3v) is 8.82. The van der Waals surface area contributed by atoms with Gasteiger partial charge in [0.2, 0.25) is 0 Å². The minimum atomic E-state index is -0.0829. The Labute approximate surface area is 135 Å². The summed E-state index contributed by atoms with van der Waals surface area (Å²) in [6, 6.07) is 0. The average Bonchev–Trinajstić information content (AvgIpc) is 2.77. The van der Waals surface area contributed by atoms with E-state index in [4.69, 9.17) is 0 Å². The second kappa shape index (κ2) is 4.82. The molecule has 1 N–H and O–H groups in total. The van der Waals surface area contributed by atoms with E-state index in [1.165, 1.54) is 57.7 Å². The quantitative estimate of drug-likeness (QED) is 0.776. The second-order valence-electron chi connectivity index (χ2n) is 9.68. The standard InChI is InChI=1S/C20H32O2/c1-18(13-22)7-3-8-19(2)16(18)6-9-20-10-14(4-5-17(19)20)15(11-20)12-21/h13-17,21H,3-12H2,1-2H3/t14?,15?,16-,17?,18?,19?,20?/m1/s1. The van der Waals surface area contributed by atoms with E-state index >= 15 is 0 Å². The van der Waals surface area contributed by atoms with Crippen molar-refractivity contribution in [2.45, 2.75) is 71.6 Å². The molecule has 4 rings (SSSR count). The molecule has 6 unspecified atom stereocenters. The fourth-order valence-corrected chi connectivity index (χ4v) is 7.99. The summed E-state index contributed by atoms with van der Waals surface area (Å²) in [6.45, 7) is 5.15. The van der Waals surface area contributed by atoms with E-state index in [0.717, 1.165) is 18.3 Å². The lowest BCUT2D eigenvalue weighted by molar-refractivity contribution is -0.157. The lowest BCUT2D eigenvalue weighted by Gasteiger charge is -2.63. The van der Waals surface area contributed by atoms with Gasteiger partial charge in [-0.3, -0.25) is 0 Å². The van der Waals surface area contributed by atoms with Gasteiger partial charge in [0.05, 0.1) is 0 Å². The number of fused-ring (bicyclic) bond motifs is 3. The third-order valence-electron chi connectivity index (χ3n) is 8.82. The van der Waals surface area contributed by atoms with Gasteiger partial charge in [-0.25, -0.2) is 0 Å². The molecule has 124 valence electrons. The van der Waals surface area contributed by atoms with Crippen LogP contribution in [0, 0.1) is 39.9 Å². The number of rotatable bonds is 2. The summed E-state index contributed by atoms with van der Waals surface area (Å²) in [4.78, 5) is 11.9. The predicted octanol–water partition coefficient (Wildman–Crippen LogP) is 4.21. The van der Waals surface area contributed by atoms with Gasteiger partial charge in [-0.15, -0.1) is 0 Å². The molecule has 1 spiro atoms. The Hall–Kier alpha value is -0.370. The van der Waals surface area contributed by atoms with Crippen LogP contribution in [0.4, 0.5) is 0 Å². The van der Waals surface area contributed by atoms with E-state index in [9.17, 15) is 9.90 Å². The highest BCUT2D eigenvalue weighted by atomic mass is 16.3. The van der Waals surface area contributed by atoms with Gasteiger partial charge < -0.3 is 9.90 Å². The maximum Gasteiger partial charge on any atom is 0.126 e. The summed E-state index contributed by atoms with van der Waals surface area (Å²) in [6.07, 6.45) is 12.8. The van der Waals surface area contributed by atoms with Crippen molar-refractivity contribution in [2.75, 3.05) is 6.61 Å². The molecule has 4 saturated carbocycles. The van der Waals surface area contributed by atoms with Crippen LogP contribution in [0.2, 0.25) is 0 Å². The number of carbonyl (C=O) groups is 1. The summed E-state index contributed by atoms with van der Waals surface area (Å²) in [7, 11) is 0. The van der Waals surface area contributed by atoms with Crippen LogP contribution in [-0.2, 0) is 4.79 Å². The number of carbonyl (C=O) groups excluding carboxylic acids is 1. The molecule has 0 aromatic carbocycles. The lowest BCUT2D eigenvalue weighted by atomic mass is 9.41. The minimum absolute atomic E-state index is 0.0829. The Morgan fingerprint density at radius 1 is 1.05 bits per heavy atom. The third kappa shape index (κ3) is 1.79. The van der Waals surface area contributed by atoms with Crippen LogP contribution in [0.3, 0.4) is 0 Å². The van der Waals surface area contributed by atoms with Crippen molar-refractivity contribution in [1.29, 1.82) is 0 Å². The molecule has 0 heterocycles. The van der Waals surface area contributed by atoms with E-state index < -0.39 is 0 Å². The summed E-state index contributed by atoms with van der Waals surface area (Å²) in [5.41, 5.74) is 0.782. The van der Waals surface area contributed by atoms with Crippen LogP contribution < -0.4 is 0 Å². The number of hydrogen-bond donors (Lipinski definition) is 1. The summed E-state index contributed by atoms with van der Waals surface area (Å²) < 4.78 is 0. The second-order valence-corrected chi connectivity index (χ2v) is 9.68. The lowest BCUT2D eigenvalue weighted by Crippen LogP contribution is -2.56.